The molecule has 0 atom stereocenters. The van der Waals surface area contributed by atoms with E-state index in [9.17, 15) is 29.7 Å². The summed E-state index contributed by atoms with van der Waals surface area (Å²) in [7, 11) is 0. The van der Waals surface area contributed by atoms with Gasteiger partial charge in [-0.2, -0.15) is 0 Å². The second kappa shape index (κ2) is 6.73. The van der Waals surface area contributed by atoms with Crippen molar-refractivity contribution in [1.82, 2.24) is 4.98 Å². The predicted octanol–water partition coefficient (Wildman–Crippen LogP) is 1.78. The van der Waals surface area contributed by atoms with Crippen molar-refractivity contribution in [3.05, 3.63) is 38.6 Å². The first kappa shape index (κ1) is 18.1. The lowest BCUT2D eigenvalue weighted by molar-refractivity contribution is 0.0695. The van der Waals surface area contributed by atoms with Crippen LogP contribution in [0.4, 0.5) is 5.82 Å². The van der Waals surface area contributed by atoms with Crippen molar-refractivity contribution in [2.45, 2.75) is 6.92 Å². The van der Waals surface area contributed by atoms with E-state index in [1.165, 1.54) is 6.07 Å². The Kier molecular flexibility index (Phi) is 4.89. The van der Waals surface area contributed by atoms with Crippen LogP contribution >= 0.6 is 11.6 Å². The summed E-state index contributed by atoms with van der Waals surface area (Å²) in [5, 5.41) is 28.4. The maximum Gasteiger partial charge on any atom is 0.342 e. The molecule has 0 amide bonds. The highest BCUT2D eigenvalue weighted by Gasteiger charge is 2.27. The number of hydrogen-bond acceptors (Lipinski definition) is 6. The van der Waals surface area contributed by atoms with Gasteiger partial charge in [0, 0.05) is 5.56 Å². The number of nitrogens with two attached hydrogens (primary N) is 1. The Morgan fingerprint density at radius 2 is 1.84 bits per heavy atom. The topological polar surface area (TPSA) is 163 Å². The van der Waals surface area contributed by atoms with Gasteiger partial charge in [-0.25, -0.2) is 9.59 Å². The molecule has 1 heterocycles. The third-order valence-electron chi connectivity index (χ3n) is 3.29. The first-order chi connectivity index (χ1) is 11.7. The summed E-state index contributed by atoms with van der Waals surface area (Å²) < 4.78 is 5.19. The number of benzene rings is 1. The molecule has 0 aliphatic heterocycles. The SMILES string of the molecule is CCOc1cc(-c2c(C(=O)O)c(N)[nH]c(=O)c2C(=O)O)cc(Cl)c1O. The van der Waals surface area contributed by atoms with E-state index in [1.807, 2.05) is 4.98 Å². The van der Waals surface area contributed by atoms with E-state index in [2.05, 4.69) is 0 Å². The van der Waals surface area contributed by atoms with Gasteiger partial charge in [0.2, 0.25) is 0 Å². The number of aromatic nitrogens is 1. The van der Waals surface area contributed by atoms with Crippen LogP contribution in [0.25, 0.3) is 11.1 Å². The highest BCUT2D eigenvalue weighted by molar-refractivity contribution is 6.32. The minimum absolute atomic E-state index is 0.0566. The van der Waals surface area contributed by atoms with Crippen molar-refractivity contribution >= 4 is 29.4 Å². The number of phenolic OH excluding ortho intramolecular Hbond substituents is 1. The maximum absolute atomic E-state index is 12.0. The zero-order chi connectivity index (χ0) is 18.9. The maximum atomic E-state index is 12.0. The van der Waals surface area contributed by atoms with E-state index in [1.54, 1.807) is 6.92 Å². The molecule has 2 rings (SSSR count). The van der Waals surface area contributed by atoms with Crippen molar-refractivity contribution in [3.8, 4) is 22.6 Å². The van der Waals surface area contributed by atoms with Crippen molar-refractivity contribution in [2.75, 3.05) is 12.3 Å². The molecule has 0 aliphatic carbocycles. The number of phenols is 1. The molecule has 1 aromatic heterocycles. The summed E-state index contributed by atoms with van der Waals surface area (Å²) >= 11 is 5.91. The number of hydrogen-bond donors (Lipinski definition) is 5. The number of carbonyl (C=O) groups is 2. The number of aromatic hydroxyl groups is 1. The first-order valence-corrected chi connectivity index (χ1v) is 7.24. The van der Waals surface area contributed by atoms with E-state index in [0.717, 1.165) is 6.07 Å². The number of nitrogens with one attached hydrogen (secondary N) is 1. The molecule has 0 spiro atoms. The quantitative estimate of drug-likeness (QED) is 0.533. The van der Waals surface area contributed by atoms with Gasteiger partial charge in [0.05, 0.1) is 11.6 Å². The van der Waals surface area contributed by atoms with Crippen LogP contribution in [0.1, 0.15) is 27.6 Å². The van der Waals surface area contributed by atoms with Gasteiger partial charge >= 0.3 is 11.9 Å². The fraction of sp³-hybridized carbons (Fsp3) is 0.133. The third-order valence-corrected chi connectivity index (χ3v) is 3.58. The van der Waals surface area contributed by atoms with Gasteiger partial charge in [-0.15, -0.1) is 0 Å². The molecule has 0 unspecified atom stereocenters. The molecule has 132 valence electrons. The first-order valence-electron chi connectivity index (χ1n) is 6.87. The Balaban J connectivity index is 2.98. The second-order valence-electron chi connectivity index (χ2n) is 4.84. The van der Waals surface area contributed by atoms with Crippen LogP contribution in [0.15, 0.2) is 16.9 Å². The lowest BCUT2D eigenvalue weighted by Gasteiger charge is -2.15. The van der Waals surface area contributed by atoms with Gasteiger partial charge in [-0.1, -0.05) is 11.6 Å². The second-order valence-corrected chi connectivity index (χ2v) is 5.25. The molecule has 9 nitrogen and oxygen atoms in total. The lowest BCUT2D eigenvalue weighted by Crippen LogP contribution is -2.24. The summed E-state index contributed by atoms with van der Waals surface area (Å²) in [4.78, 5) is 37.0. The summed E-state index contributed by atoms with van der Waals surface area (Å²) in [5.41, 5.74) is 2.54. The molecule has 0 aliphatic rings. The Labute approximate surface area is 145 Å². The summed E-state index contributed by atoms with van der Waals surface area (Å²) in [5.74, 6) is -4.22. The smallest absolute Gasteiger partial charge is 0.342 e. The Hall–Kier alpha value is -3.20. The molecule has 6 N–H and O–H groups in total. The van der Waals surface area contributed by atoms with E-state index in [0.29, 0.717) is 0 Å². The molecule has 0 saturated heterocycles. The normalized spacial score (nSPS) is 10.5. The fourth-order valence-electron chi connectivity index (χ4n) is 2.32. The average Bonchev–Trinajstić information content (AvgIpc) is 2.50. The third kappa shape index (κ3) is 3.22. The minimum Gasteiger partial charge on any atom is -0.503 e. The van der Waals surface area contributed by atoms with Crippen LogP contribution in [0.2, 0.25) is 5.02 Å². The van der Waals surface area contributed by atoms with Crippen LogP contribution in [-0.4, -0.2) is 38.8 Å². The number of nitrogen functional groups attached to an aromatic ring is 1. The Morgan fingerprint density at radius 3 is 2.36 bits per heavy atom. The van der Waals surface area contributed by atoms with E-state index in [-0.39, 0.29) is 22.9 Å². The van der Waals surface area contributed by atoms with Crippen LogP contribution in [0.5, 0.6) is 11.5 Å². The summed E-state index contributed by atoms with van der Waals surface area (Å²) in [6.07, 6.45) is 0. The standard InChI is InChI=1S/C15H13ClN2O7/c1-2-25-7-4-5(3-6(16)11(7)19)8-9(14(21)22)12(17)18-13(20)10(8)15(23)24/h3-4,19H,2H2,1H3,(H,21,22)(H,23,24)(H3,17,18,20). The average molecular weight is 369 g/mol. The summed E-state index contributed by atoms with van der Waals surface area (Å²) in [6, 6.07) is 2.30. The van der Waals surface area contributed by atoms with E-state index >= 15 is 0 Å². The molecule has 0 radical (unpaired) electrons. The zero-order valence-corrected chi connectivity index (χ0v) is 13.5. The highest BCUT2D eigenvalue weighted by atomic mass is 35.5. The number of carboxylic acids is 2. The molecule has 2 aromatic rings. The van der Waals surface area contributed by atoms with Gasteiger partial charge < -0.3 is 30.8 Å². The number of H-pyrrole nitrogens is 1. The van der Waals surface area contributed by atoms with Crippen LogP contribution in [-0.2, 0) is 0 Å². The van der Waals surface area contributed by atoms with Gasteiger partial charge in [-0.3, -0.25) is 4.79 Å². The molecule has 10 heteroatoms. The van der Waals surface area contributed by atoms with Gasteiger partial charge in [0.1, 0.15) is 16.9 Å². The Morgan fingerprint density at radius 1 is 1.24 bits per heavy atom. The molecule has 25 heavy (non-hydrogen) atoms. The number of carboxylic acid groups (broad SMARTS) is 2. The number of anilines is 1. The van der Waals surface area contributed by atoms with E-state index < -0.39 is 45.8 Å². The summed E-state index contributed by atoms with van der Waals surface area (Å²) in [6.45, 7) is 1.79. The minimum atomic E-state index is -1.65. The van der Waals surface area contributed by atoms with Crippen molar-refractivity contribution < 1.29 is 29.6 Å². The van der Waals surface area contributed by atoms with Crippen molar-refractivity contribution in [2.24, 2.45) is 0 Å². The number of ether oxygens (including phenoxy) is 1. The predicted molar refractivity (Wildman–Crippen MR) is 88.7 cm³/mol. The molecular formula is C15H13ClN2O7. The number of aromatic amines is 1. The highest BCUT2D eigenvalue weighted by Crippen LogP contribution is 2.40. The molecule has 1 aromatic carbocycles. The van der Waals surface area contributed by atoms with Crippen LogP contribution < -0.4 is 16.0 Å². The molecule has 0 saturated carbocycles. The molecule has 0 bridgehead atoms. The van der Waals surface area contributed by atoms with Crippen molar-refractivity contribution in [1.29, 1.82) is 0 Å². The molecular weight excluding hydrogens is 356 g/mol. The lowest BCUT2D eigenvalue weighted by atomic mass is 9.95. The van der Waals surface area contributed by atoms with Crippen LogP contribution in [0.3, 0.4) is 0 Å². The van der Waals surface area contributed by atoms with Gasteiger partial charge in [0.25, 0.3) is 5.56 Å². The molecule has 0 fully saturated rings. The number of pyridine rings is 1. The monoisotopic (exact) mass is 368 g/mol. The zero-order valence-electron chi connectivity index (χ0n) is 12.8. The number of aromatic carboxylic acids is 2. The van der Waals surface area contributed by atoms with Gasteiger partial charge in [0.15, 0.2) is 11.5 Å². The fourth-order valence-corrected chi connectivity index (χ4v) is 2.53. The number of halogens is 1. The van der Waals surface area contributed by atoms with E-state index in [4.69, 9.17) is 22.1 Å². The Bertz CT molecular complexity index is 936. The number of rotatable bonds is 5. The van der Waals surface area contributed by atoms with Gasteiger partial charge in [-0.05, 0) is 24.6 Å². The largest absolute Gasteiger partial charge is 0.503 e. The van der Waals surface area contributed by atoms with Crippen molar-refractivity contribution in [3.63, 3.8) is 0 Å². The van der Waals surface area contributed by atoms with Crippen LogP contribution in [0, 0.1) is 0 Å².